The molecule has 1 aliphatic heterocycles. The van der Waals surface area contributed by atoms with Crippen molar-refractivity contribution in [3.8, 4) is 11.1 Å². The quantitative estimate of drug-likeness (QED) is 0.252. The lowest BCUT2D eigenvalue weighted by Gasteiger charge is -2.18. The van der Waals surface area contributed by atoms with Gasteiger partial charge in [0.2, 0.25) is 5.95 Å². The van der Waals surface area contributed by atoms with Crippen LogP contribution in [-0.4, -0.2) is 45.9 Å². The van der Waals surface area contributed by atoms with Crippen LogP contribution >= 0.6 is 11.8 Å². The van der Waals surface area contributed by atoms with Gasteiger partial charge in [0.25, 0.3) is 0 Å². The number of pyridine rings is 1. The Kier molecular flexibility index (Phi) is 5.90. The van der Waals surface area contributed by atoms with Crippen LogP contribution in [0.4, 0.5) is 5.95 Å². The van der Waals surface area contributed by atoms with E-state index in [1.807, 2.05) is 54.6 Å². The number of methoxy groups -OCH3 is 1. The van der Waals surface area contributed by atoms with E-state index in [-0.39, 0.29) is 5.97 Å². The minimum Gasteiger partial charge on any atom is -0.465 e. The standard InChI is InChI=1S/C27H27N5O2S/c1-34-25(33)24-22(28-21-12-6-5-11-20(21)23(24)18-9-3-2-4-10-18)17-35-27-30-29-26(31-15-7-8-16-31)32(27)19-13-14-19/h2-6,9-12,19H,7-8,13-17H2,1H3. The Morgan fingerprint density at radius 1 is 1.03 bits per heavy atom. The molecule has 0 amide bonds. The molecule has 2 aliphatic rings. The molecule has 6 rings (SSSR count). The lowest BCUT2D eigenvalue weighted by Crippen LogP contribution is -2.22. The van der Waals surface area contributed by atoms with Gasteiger partial charge in [-0.1, -0.05) is 60.3 Å². The van der Waals surface area contributed by atoms with Gasteiger partial charge in [0, 0.05) is 35.8 Å². The zero-order valence-corrected chi connectivity index (χ0v) is 20.5. The average molecular weight is 486 g/mol. The molecule has 8 heteroatoms. The number of nitrogens with zero attached hydrogens (tertiary/aromatic N) is 5. The van der Waals surface area contributed by atoms with E-state index in [2.05, 4.69) is 19.7 Å². The number of para-hydroxylation sites is 1. The number of carbonyl (C=O) groups excluding carboxylic acids is 1. The van der Waals surface area contributed by atoms with Crippen LogP contribution in [0, 0.1) is 0 Å². The number of hydrogen-bond acceptors (Lipinski definition) is 7. The van der Waals surface area contributed by atoms with E-state index in [1.54, 1.807) is 11.8 Å². The molecule has 3 heterocycles. The number of anilines is 1. The molecular weight excluding hydrogens is 458 g/mol. The van der Waals surface area contributed by atoms with E-state index >= 15 is 0 Å². The molecule has 4 aromatic rings. The topological polar surface area (TPSA) is 73.1 Å². The third kappa shape index (κ3) is 4.16. The Hall–Kier alpha value is -3.39. The highest BCUT2D eigenvalue weighted by Crippen LogP contribution is 2.42. The first-order valence-corrected chi connectivity index (χ1v) is 13.1. The SMILES string of the molecule is COC(=O)c1c(CSc2nnc(N3CCCC3)n2C2CC2)nc2ccccc2c1-c1ccccc1. The van der Waals surface area contributed by atoms with Crippen molar-refractivity contribution in [1.82, 2.24) is 19.7 Å². The molecule has 178 valence electrons. The molecule has 0 N–H and O–H groups in total. The molecule has 2 aromatic heterocycles. The lowest BCUT2D eigenvalue weighted by atomic mass is 9.94. The number of aromatic nitrogens is 4. The summed E-state index contributed by atoms with van der Waals surface area (Å²) < 4.78 is 7.55. The summed E-state index contributed by atoms with van der Waals surface area (Å²) in [5.41, 5.74) is 3.90. The molecule has 0 radical (unpaired) electrons. The van der Waals surface area contributed by atoms with E-state index < -0.39 is 0 Å². The van der Waals surface area contributed by atoms with E-state index in [4.69, 9.17) is 9.72 Å². The van der Waals surface area contributed by atoms with Gasteiger partial charge < -0.3 is 9.64 Å². The summed E-state index contributed by atoms with van der Waals surface area (Å²) in [6.07, 6.45) is 4.72. The first-order valence-electron chi connectivity index (χ1n) is 12.1. The number of fused-ring (bicyclic) bond motifs is 1. The highest BCUT2D eigenvalue weighted by molar-refractivity contribution is 7.98. The number of ether oxygens (including phenoxy) is 1. The Balaban J connectivity index is 1.43. The molecule has 2 fully saturated rings. The van der Waals surface area contributed by atoms with Crippen LogP contribution in [0.2, 0.25) is 0 Å². The zero-order chi connectivity index (χ0) is 23.8. The predicted molar refractivity (Wildman–Crippen MR) is 138 cm³/mol. The van der Waals surface area contributed by atoms with Crippen molar-refractivity contribution in [2.75, 3.05) is 25.1 Å². The Morgan fingerprint density at radius 2 is 1.77 bits per heavy atom. The Morgan fingerprint density at radius 3 is 2.51 bits per heavy atom. The first kappa shape index (κ1) is 22.1. The van der Waals surface area contributed by atoms with Crippen molar-refractivity contribution in [3.05, 3.63) is 65.9 Å². The third-order valence-electron chi connectivity index (χ3n) is 6.70. The fraction of sp³-hybridized carbons (Fsp3) is 0.333. The van der Waals surface area contributed by atoms with Gasteiger partial charge >= 0.3 is 5.97 Å². The van der Waals surface area contributed by atoms with Crippen molar-refractivity contribution >= 4 is 34.6 Å². The number of thioether (sulfide) groups is 1. The summed E-state index contributed by atoms with van der Waals surface area (Å²) in [5, 5.41) is 11.0. The number of hydrogen-bond donors (Lipinski definition) is 0. The van der Waals surface area contributed by atoms with Crippen molar-refractivity contribution in [3.63, 3.8) is 0 Å². The summed E-state index contributed by atoms with van der Waals surface area (Å²) in [6, 6.07) is 18.4. The second-order valence-electron chi connectivity index (χ2n) is 9.05. The Labute approximate surface area is 208 Å². The van der Waals surface area contributed by atoms with Crippen LogP contribution in [-0.2, 0) is 10.5 Å². The summed E-state index contributed by atoms with van der Waals surface area (Å²) in [7, 11) is 1.43. The second-order valence-corrected chi connectivity index (χ2v) is 9.99. The number of benzene rings is 2. The molecule has 0 bridgehead atoms. The van der Waals surface area contributed by atoms with Crippen molar-refractivity contribution in [1.29, 1.82) is 0 Å². The second kappa shape index (κ2) is 9.34. The molecule has 0 atom stereocenters. The summed E-state index contributed by atoms with van der Waals surface area (Å²) in [6.45, 7) is 2.07. The van der Waals surface area contributed by atoms with Crippen LogP contribution in [0.1, 0.15) is 47.8 Å². The average Bonchev–Trinajstić information content (AvgIpc) is 3.42. The van der Waals surface area contributed by atoms with E-state index in [0.717, 1.165) is 59.1 Å². The van der Waals surface area contributed by atoms with Crippen molar-refractivity contribution in [2.45, 2.75) is 42.6 Å². The van der Waals surface area contributed by atoms with Gasteiger partial charge in [0.05, 0.1) is 23.9 Å². The molecule has 2 aromatic carbocycles. The Bertz CT molecular complexity index is 1380. The van der Waals surface area contributed by atoms with Gasteiger partial charge in [0.15, 0.2) is 5.16 Å². The van der Waals surface area contributed by atoms with Gasteiger partial charge in [-0.05, 0) is 37.3 Å². The maximum Gasteiger partial charge on any atom is 0.340 e. The first-order chi connectivity index (χ1) is 17.2. The molecule has 0 unspecified atom stereocenters. The maximum absolute atomic E-state index is 13.1. The molecule has 7 nitrogen and oxygen atoms in total. The summed E-state index contributed by atoms with van der Waals surface area (Å²) in [4.78, 5) is 20.4. The minimum atomic E-state index is -0.376. The summed E-state index contributed by atoms with van der Waals surface area (Å²) in [5.74, 6) is 1.11. The largest absolute Gasteiger partial charge is 0.465 e. The fourth-order valence-corrected chi connectivity index (χ4v) is 5.82. The van der Waals surface area contributed by atoms with Crippen LogP contribution in [0.3, 0.4) is 0 Å². The smallest absolute Gasteiger partial charge is 0.340 e. The van der Waals surface area contributed by atoms with Crippen LogP contribution in [0.5, 0.6) is 0 Å². The third-order valence-corrected chi connectivity index (χ3v) is 7.66. The maximum atomic E-state index is 13.1. The summed E-state index contributed by atoms with van der Waals surface area (Å²) >= 11 is 1.60. The predicted octanol–water partition coefficient (Wildman–Crippen LogP) is 5.51. The van der Waals surface area contributed by atoms with Crippen LogP contribution in [0.25, 0.3) is 22.0 Å². The zero-order valence-electron chi connectivity index (χ0n) is 19.7. The number of carbonyl (C=O) groups is 1. The highest BCUT2D eigenvalue weighted by atomic mass is 32.2. The van der Waals surface area contributed by atoms with E-state index in [0.29, 0.717) is 23.1 Å². The molecule has 1 saturated heterocycles. The van der Waals surface area contributed by atoms with Gasteiger partial charge in [0.1, 0.15) is 0 Å². The molecule has 0 spiro atoms. The van der Waals surface area contributed by atoms with E-state index in [9.17, 15) is 4.79 Å². The van der Waals surface area contributed by atoms with Crippen LogP contribution in [0.15, 0.2) is 59.8 Å². The monoisotopic (exact) mass is 485 g/mol. The van der Waals surface area contributed by atoms with E-state index in [1.165, 1.54) is 20.0 Å². The lowest BCUT2D eigenvalue weighted by molar-refractivity contribution is 0.0600. The number of rotatable bonds is 7. The molecule has 1 saturated carbocycles. The number of esters is 1. The highest BCUT2D eigenvalue weighted by Gasteiger charge is 2.33. The minimum absolute atomic E-state index is 0.376. The molecule has 35 heavy (non-hydrogen) atoms. The normalized spacial score (nSPS) is 15.6. The van der Waals surface area contributed by atoms with Gasteiger partial charge in [-0.25, -0.2) is 4.79 Å². The molecule has 1 aliphatic carbocycles. The van der Waals surface area contributed by atoms with Crippen LogP contribution < -0.4 is 4.90 Å². The van der Waals surface area contributed by atoms with Crippen molar-refractivity contribution < 1.29 is 9.53 Å². The molecular formula is C27H27N5O2S. The van der Waals surface area contributed by atoms with Gasteiger partial charge in [-0.15, -0.1) is 10.2 Å². The van der Waals surface area contributed by atoms with Gasteiger partial charge in [-0.2, -0.15) is 0 Å². The van der Waals surface area contributed by atoms with Crippen molar-refractivity contribution in [2.24, 2.45) is 0 Å². The fourth-order valence-electron chi connectivity index (χ4n) is 4.88. The van der Waals surface area contributed by atoms with Gasteiger partial charge in [-0.3, -0.25) is 9.55 Å².